The summed E-state index contributed by atoms with van der Waals surface area (Å²) in [5, 5.41) is 4.35. The van der Waals surface area contributed by atoms with Crippen LogP contribution >= 0.6 is 12.2 Å². The molecule has 2 saturated heterocycles. The van der Waals surface area contributed by atoms with E-state index < -0.39 is 0 Å². The summed E-state index contributed by atoms with van der Waals surface area (Å²) in [5.74, 6) is 0. The topological polar surface area (TPSA) is 45.6 Å². The molecule has 6 nitrogen and oxygen atoms in total. The fraction of sp³-hybridized carbons (Fsp3) is 0.500. The Kier molecular flexibility index (Phi) is 5.71. The zero-order valence-corrected chi connectivity index (χ0v) is 16.6. The maximum atomic E-state index is 5.75. The zero-order chi connectivity index (χ0) is 18.6. The quantitative estimate of drug-likeness (QED) is 0.770. The number of pyridine rings is 1. The molecule has 2 aliphatic rings. The molecule has 0 spiro atoms. The average molecular weight is 386 g/mol. The van der Waals surface area contributed by atoms with Gasteiger partial charge in [-0.25, -0.2) is 0 Å². The first-order valence-electron chi connectivity index (χ1n) is 9.71. The summed E-state index contributed by atoms with van der Waals surface area (Å²) in [7, 11) is 0. The van der Waals surface area contributed by atoms with Gasteiger partial charge in [0.1, 0.15) is 0 Å². The van der Waals surface area contributed by atoms with E-state index in [1.807, 2.05) is 18.3 Å². The molecule has 2 fully saturated rings. The van der Waals surface area contributed by atoms with Gasteiger partial charge < -0.3 is 19.5 Å². The number of aromatic nitrogens is 2. The van der Waals surface area contributed by atoms with E-state index in [2.05, 4.69) is 56.0 Å². The van der Waals surface area contributed by atoms with Crippen LogP contribution in [0.15, 0.2) is 42.7 Å². The molecule has 1 N–H and O–H groups in total. The highest BCUT2D eigenvalue weighted by Gasteiger charge is 2.40. The minimum Gasteiger partial charge on any atom is -0.379 e. The molecule has 4 heterocycles. The summed E-state index contributed by atoms with van der Waals surface area (Å²) in [4.78, 5) is 9.40. The first-order valence-corrected chi connectivity index (χ1v) is 10.1. The lowest BCUT2D eigenvalue weighted by Crippen LogP contribution is -2.42. The van der Waals surface area contributed by atoms with Crippen molar-refractivity contribution in [3.63, 3.8) is 0 Å². The van der Waals surface area contributed by atoms with Crippen molar-refractivity contribution in [2.24, 2.45) is 0 Å². The van der Waals surface area contributed by atoms with Crippen molar-refractivity contribution >= 4 is 17.3 Å². The van der Waals surface area contributed by atoms with E-state index in [0.717, 1.165) is 56.7 Å². The highest BCUT2D eigenvalue weighted by atomic mass is 32.1. The molecule has 0 radical (unpaired) electrons. The van der Waals surface area contributed by atoms with Crippen LogP contribution < -0.4 is 5.32 Å². The normalized spacial score (nSPS) is 23.6. The van der Waals surface area contributed by atoms with Crippen LogP contribution in [0.3, 0.4) is 0 Å². The number of ether oxygens (including phenoxy) is 1. The third kappa shape index (κ3) is 3.85. The molecule has 2 aliphatic heterocycles. The van der Waals surface area contributed by atoms with Crippen LogP contribution in [0.2, 0.25) is 0 Å². The lowest BCUT2D eigenvalue weighted by molar-refractivity contribution is 0.0349. The molecule has 0 amide bonds. The number of thiocarbonyl (C=S) groups is 1. The van der Waals surface area contributed by atoms with E-state index in [0.29, 0.717) is 0 Å². The van der Waals surface area contributed by atoms with E-state index in [1.165, 1.54) is 5.69 Å². The van der Waals surface area contributed by atoms with Gasteiger partial charge >= 0.3 is 0 Å². The Hall–Kier alpha value is -1.96. The van der Waals surface area contributed by atoms with Crippen molar-refractivity contribution in [1.29, 1.82) is 0 Å². The molecule has 0 aromatic carbocycles. The first kappa shape index (κ1) is 18.4. The number of nitrogens with one attached hydrogen (secondary N) is 1. The summed E-state index contributed by atoms with van der Waals surface area (Å²) in [6.45, 7) is 8.64. The molecule has 144 valence electrons. The van der Waals surface area contributed by atoms with Crippen LogP contribution in [0.25, 0.3) is 0 Å². The molecule has 2 aromatic heterocycles. The second-order valence-electron chi connectivity index (χ2n) is 6.99. The van der Waals surface area contributed by atoms with Crippen molar-refractivity contribution in [1.82, 2.24) is 24.7 Å². The van der Waals surface area contributed by atoms with E-state index in [9.17, 15) is 0 Å². The number of rotatable bonds is 6. The molecular formula is C20H27N5OS. The average Bonchev–Trinajstić information content (AvgIpc) is 3.31. The van der Waals surface area contributed by atoms with Crippen LogP contribution in [0.5, 0.6) is 0 Å². The highest BCUT2D eigenvalue weighted by Crippen LogP contribution is 2.38. The third-order valence-electron chi connectivity index (χ3n) is 5.47. The van der Waals surface area contributed by atoms with Gasteiger partial charge in [-0.3, -0.25) is 9.88 Å². The molecule has 27 heavy (non-hydrogen) atoms. The molecule has 0 aliphatic carbocycles. The van der Waals surface area contributed by atoms with Crippen LogP contribution in [0.4, 0.5) is 0 Å². The molecule has 2 atom stereocenters. The number of hydrogen-bond acceptors (Lipinski definition) is 4. The smallest absolute Gasteiger partial charge is 0.170 e. The molecule has 7 heteroatoms. The Morgan fingerprint density at radius 2 is 2.04 bits per heavy atom. The summed E-state index contributed by atoms with van der Waals surface area (Å²) in [5.41, 5.74) is 2.31. The SMILES string of the molecule is CCn1cccc1C1C(c2ccccn2)NC(=S)N1CCN1CCOCC1. The monoisotopic (exact) mass is 385 g/mol. The van der Waals surface area contributed by atoms with Crippen molar-refractivity contribution < 1.29 is 4.74 Å². The Labute approximate surface area is 166 Å². The summed E-state index contributed by atoms with van der Waals surface area (Å²) in [6, 6.07) is 10.6. The molecule has 0 bridgehead atoms. The number of hydrogen-bond donors (Lipinski definition) is 1. The van der Waals surface area contributed by atoms with Crippen LogP contribution in [0, 0.1) is 0 Å². The van der Waals surface area contributed by atoms with Gasteiger partial charge in [0.2, 0.25) is 0 Å². The van der Waals surface area contributed by atoms with Crippen molar-refractivity contribution in [3.05, 3.63) is 54.1 Å². The van der Waals surface area contributed by atoms with Gasteiger partial charge in [-0.15, -0.1) is 0 Å². The number of aryl methyl sites for hydroxylation is 1. The Morgan fingerprint density at radius 1 is 1.19 bits per heavy atom. The molecule has 0 saturated carbocycles. The van der Waals surface area contributed by atoms with Crippen molar-refractivity contribution in [3.8, 4) is 0 Å². The third-order valence-corrected chi connectivity index (χ3v) is 5.82. The lowest BCUT2D eigenvalue weighted by Gasteiger charge is -2.32. The number of morpholine rings is 1. The molecular weight excluding hydrogens is 358 g/mol. The summed E-state index contributed by atoms with van der Waals surface area (Å²) >= 11 is 5.75. The minimum absolute atomic E-state index is 0.0589. The molecule has 2 unspecified atom stereocenters. The summed E-state index contributed by atoms with van der Waals surface area (Å²) in [6.07, 6.45) is 4.00. The van der Waals surface area contributed by atoms with Crippen molar-refractivity contribution in [2.75, 3.05) is 39.4 Å². The van der Waals surface area contributed by atoms with Crippen LogP contribution in [0.1, 0.15) is 30.4 Å². The highest BCUT2D eigenvalue weighted by molar-refractivity contribution is 7.80. The first-order chi connectivity index (χ1) is 13.3. The van der Waals surface area contributed by atoms with Gasteiger partial charge in [0, 0.05) is 50.8 Å². The van der Waals surface area contributed by atoms with Gasteiger partial charge in [-0.05, 0) is 43.4 Å². The molecule has 4 rings (SSSR count). The standard InChI is InChI=1S/C20H27N5OS/c1-2-24-9-5-7-17(24)19-18(16-6-3-4-8-21-16)22-20(27)25(19)11-10-23-12-14-26-15-13-23/h3-9,18-19H,2,10-15H2,1H3,(H,22,27). The molecule has 2 aromatic rings. The summed E-state index contributed by atoms with van der Waals surface area (Å²) < 4.78 is 7.78. The maximum Gasteiger partial charge on any atom is 0.170 e. The van der Waals surface area contributed by atoms with Gasteiger partial charge in [-0.1, -0.05) is 6.07 Å². The Morgan fingerprint density at radius 3 is 2.78 bits per heavy atom. The maximum absolute atomic E-state index is 5.75. The fourth-order valence-electron chi connectivity index (χ4n) is 4.03. The minimum atomic E-state index is 0.0589. The van der Waals surface area contributed by atoms with E-state index in [4.69, 9.17) is 17.0 Å². The van der Waals surface area contributed by atoms with Gasteiger partial charge in [0.25, 0.3) is 0 Å². The largest absolute Gasteiger partial charge is 0.379 e. The van der Waals surface area contributed by atoms with E-state index in [1.54, 1.807) is 0 Å². The Balaban J connectivity index is 1.60. The number of nitrogens with zero attached hydrogens (tertiary/aromatic N) is 4. The second kappa shape index (κ2) is 8.37. The van der Waals surface area contributed by atoms with Crippen LogP contribution in [-0.4, -0.2) is 63.9 Å². The van der Waals surface area contributed by atoms with Gasteiger partial charge in [0.15, 0.2) is 5.11 Å². The lowest BCUT2D eigenvalue weighted by atomic mass is 10.0. The fourth-order valence-corrected chi connectivity index (χ4v) is 4.36. The Bertz CT molecular complexity index is 759. The zero-order valence-electron chi connectivity index (χ0n) is 15.8. The van der Waals surface area contributed by atoms with E-state index in [-0.39, 0.29) is 12.1 Å². The van der Waals surface area contributed by atoms with Gasteiger partial charge in [0.05, 0.1) is 31.0 Å². The van der Waals surface area contributed by atoms with Crippen LogP contribution in [-0.2, 0) is 11.3 Å². The van der Waals surface area contributed by atoms with Crippen molar-refractivity contribution in [2.45, 2.75) is 25.6 Å². The second-order valence-corrected chi connectivity index (χ2v) is 7.38. The predicted octanol–water partition coefficient (Wildman–Crippen LogP) is 2.21. The van der Waals surface area contributed by atoms with Gasteiger partial charge in [-0.2, -0.15) is 0 Å². The van der Waals surface area contributed by atoms with E-state index >= 15 is 0 Å². The predicted molar refractivity (Wildman–Crippen MR) is 110 cm³/mol.